The molecule has 0 atom stereocenters. The minimum absolute atomic E-state index is 0.294. The molecule has 176 valence electrons. The molecule has 0 fully saturated rings. The number of hydrogen-bond donors (Lipinski definition) is 0. The molecule has 5 rings (SSSR count). The van der Waals surface area contributed by atoms with E-state index in [1.807, 2.05) is 6.20 Å². The molecule has 0 bridgehead atoms. The minimum Gasteiger partial charge on any atom is -0.346 e. The Morgan fingerprint density at radius 1 is 0.667 bits per heavy atom. The van der Waals surface area contributed by atoms with E-state index in [4.69, 9.17) is 4.98 Å². The van der Waals surface area contributed by atoms with Crippen LogP contribution in [-0.2, 0) is 6.17 Å². The Balaban J connectivity index is 1.31. The van der Waals surface area contributed by atoms with Crippen LogP contribution >= 0.6 is 0 Å². The van der Waals surface area contributed by atoms with Gasteiger partial charge in [0.2, 0.25) is 7.28 Å². The van der Waals surface area contributed by atoms with Crippen molar-refractivity contribution in [2.75, 3.05) is 0 Å². The third-order valence-corrected chi connectivity index (χ3v) is 8.12. The SMILES string of the molecule is B(c1nccn1C[SiH2]C=CC(c1ccccc1)c1ccccc1)C(c1ccccc1)c1ccccc1. The molecule has 36 heavy (non-hydrogen) atoms. The van der Waals surface area contributed by atoms with Gasteiger partial charge in [-0.05, 0) is 28.1 Å². The number of hydrogen-bond acceptors (Lipinski definition) is 1. The topological polar surface area (TPSA) is 17.8 Å². The highest BCUT2D eigenvalue weighted by molar-refractivity contribution is 6.54. The molecular formula is C32H31BN2Si. The average Bonchev–Trinajstić information content (AvgIpc) is 3.40. The summed E-state index contributed by atoms with van der Waals surface area (Å²) >= 11 is 0. The van der Waals surface area contributed by atoms with Crippen LogP contribution in [0.2, 0.25) is 0 Å². The summed E-state index contributed by atoms with van der Waals surface area (Å²) in [5.74, 6) is 0.592. The van der Waals surface area contributed by atoms with Crippen molar-refractivity contribution in [2.24, 2.45) is 0 Å². The van der Waals surface area contributed by atoms with Crippen molar-refractivity contribution < 1.29 is 0 Å². The van der Waals surface area contributed by atoms with Gasteiger partial charge in [-0.25, -0.2) is 0 Å². The van der Waals surface area contributed by atoms with Gasteiger partial charge in [-0.15, -0.1) is 5.70 Å². The van der Waals surface area contributed by atoms with E-state index in [1.165, 1.54) is 22.3 Å². The zero-order chi connectivity index (χ0) is 24.4. The number of allylic oxidation sites excluding steroid dienone is 1. The smallest absolute Gasteiger partial charge is 0.217 e. The van der Waals surface area contributed by atoms with Gasteiger partial charge in [-0.3, -0.25) is 4.98 Å². The number of rotatable bonds is 10. The van der Waals surface area contributed by atoms with Crippen LogP contribution in [0.3, 0.4) is 0 Å². The molecule has 4 aromatic carbocycles. The fraction of sp³-hybridized carbons (Fsp3) is 0.0938. The minimum atomic E-state index is -0.449. The molecule has 0 spiro atoms. The monoisotopic (exact) mass is 482 g/mol. The van der Waals surface area contributed by atoms with E-state index in [2.05, 4.69) is 144 Å². The fourth-order valence-electron chi connectivity index (χ4n) is 4.90. The standard InChI is InChI=1S/C32H31BN2Si/c1-5-13-26(14-6-1)30(27-15-7-2-8-16-27)21-24-36-25-35-23-22-34-32(35)33-31(28-17-9-3-10-18-28)29-19-11-4-12-20-29/h1-24,30-31,33H,25,36H2. The molecule has 0 saturated heterocycles. The van der Waals surface area contributed by atoms with Crippen LogP contribution in [0.5, 0.6) is 0 Å². The Kier molecular flexibility index (Phi) is 8.07. The van der Waals surface area contributed by atoms with Crippen LogP contribution in [-0.4, -0.2) is 26.4 Å². The van der Waals surface area contributed by atoms with Crippen LogP contribution in [0, 0.1) is 0 Å². The molecule has 1 aromatic heterocycles. The Morgan fingerprint density at radius 3 is 1.64 bits per heavy atom. The molecule has 0 unspecified atom stereocenters. The van der Waals surface area contributed by atoms with Gasteiger partial charge in [0.25, 0.3) is 0 Å². The van der Waals surface area contributed by atoms with Gasteiger partial charge in [0.05, 0.1) is 15.2 Å². The van der Waals surface area contributed by atoms with Crippen LogP contribution in [0.25, 0.3) is 0 Å². The maximum atomic E-state index is 4.78. The molecule has 4 heteroatoms. The van der Waals surface area contributed by atoms with E-state index in [-0.39, 0.29) is 0 Å². The maximum absolute atomic E-state index is 4.78. The van der Waals surface area contributed by atoms with Gasteiger partial charge in [-0.2, -0.15) is 0 Å². The van der Waals surface area contributed by atoms with Gasteiger partial charge < -0.3 is 4.57 Å². The molecule has 0 radical (unpaired) electrons. The van der Waals surface area contributed by atoms with E-state index < -0.39 is 9.52 Å². The van der Waals surface area contributed by atoms with Crippen molar-refractivity contribution in [3.8, 4) is 0 Å². The Morgan fingerprint density at radius 2 is 1.14 bits per heavy atom. The summed E-state index contributed by atoms with van der Waals surface area (Å²) in [4.78, 5) is 4.78. The lowest BCUT2D eigenvalue weighted by atomic mass is 9.58. The van der Waals surface area contributed by atoms with Crippen molar-refractivity contribution in [2.45, 2.75) is 17.9 Å². The Bertz CT molecular complexity index is 1270. The summed E-state index contributed by atoms with van der Waals surface area (Å²) in [5, 5.41) is 0. The second-order valence-electron chi connectivity index (χ2n) is 9.13. The summed E-state index contributed by atoms with van der Waals surface area (Å²) in [6.45, 7) is 0. The van der Waals surface area contributed by atoms with E-state index in [0.29, 0.717) is 11.7 Å². The van der Waals surface area contributed by atoms with Gasteiger partial charge in [-0.1, -0.05) is 127 Å². The molecule has 0 aliphatic carbocycles. The van der Waals surface area contributed by atoms with Gasteiger partial charge in [0, 0.05) is 24.5 Å². The first-order chi connectivity index (χ1) is 17.9. The lowest BCUT2D eigenvalue weighted by molar-refractivity contribution is 0.903. The largest absolute Gasteiger partial charge is 0.346 e. The average molecular weight is 483 g/mol. The molecule has 0 aliphatic rings. The highest BCUT2D eigenvalue weighted by atomic mass is 28.2. The lowest BCUT2D eigenvalue weighted by Gasteiger charge is -2.18. The molecule has 2 nitrogen and oxygen atoms in total. The van der Waals surface area contributed by atoms with Crippen LogP contribution in [0.15, 0.2) is 145 Å². The molecule has 0 amide bonds. The first-order valence-electron chi connectivity index (χ1n) is 12.7. The van der Waals surface area contributed by atoms with Crippen molar-refractivity contribution in [3.63, 3.8) is 0 Å². The highest BCUT2D eigenvalue weighted by Gasteiger charge is 2.19. The predicted octanol–water partition coefficient (Wildman–Crippen LogP) is 5.21. The number of imidazole rings is 1. The van der Waals surface area contributed by atoms with Crippen molar-refractivity contribution in [1.82, 2.24) is 9.55 Å². The second-order valence-corrected chi connectivity index (χ2v) is 10.6. The molecule has 1 heterocycles. The normalized spacial score (nSPS) is 11.7. The second kappa shape index (κ2) is 12.2. The summed E-state index contributed by atoms with van der Waals surface area (Å²) in [7, 11) is 0.450. The molecule has 0 aliphatic heterocycles. The number of aromatic nitrogens is 2. The number of nitrogens with zero attached hydrogens (tertiary/aromatic N) is 2. The molecule has 5 aromatic rings. The third-order valence-electron chi connectivity index (χ3n) is 6.77. The van der Waals surface area contributed by atoms with Crippen molar-refractivity contribution in [3.05, 3.63) is 168 Å². The summed E-state index contributed by atoms with van der Waals surface area (Å²) in [6, 6.07) is 43.2. The summed E-state index contributed by atoms with van der Waals surface area (Å²) in [5.41, 5.74) is 8.97. The highest BCUT2D eigenvalue weighted by Crippen LogP contribution is 2.26. The van der Waals surface area contributed by atoms with Gasteiger partial charge in [0.1, 0.15) is 0 Å². The Hall–Kier alpha value is -3.89. The fourth-order valence-corrected chi connectivity index (χ4v) is 6.20. The van der Waals surface area contributed by atoms with Crippen LogP contribution < -0.4 is 5.72 Å². The van der Waals surface area contributed by atoms with Gasteiger partial charge in [0.15, 0.2) is 0 Å². The first-order valence-corrected chi connectivity index (χ1v) is 14.6. The van der Waals surface area contributed by atoms with Crippen molar-refractivity contribution >= 4 is 22.5 Å². The first kappa shape index (κ1) is 23.8. The van der Waals surface area contributed by atoms with Gasteiger partial charge >= 0.3 is 0 Å². The van der Waals surface area contributed by atoms with E-state index in [9.17, 15) is 0 Å². The zero-order valence-corrected chi connectivity index (χ0v) is 21.9. The summed E-state index contributed by atoms with van der Waals surface area (Å²) in [6.07, 6.45) is 7.56. The number of benzene rings is 4. The van der Waals surface area contributed by atoms with E-state index in [0.717, 1.165) is 19.2 Å². The zero-order valence-electron chi connectivity index (χ0n) is 20.5. The van der Waals surface area contributed by atoms with Crippen LogP contribution in [0.4, 0.5) is 0 Å². The lowest BCUT2D eigenvalue weighted by Crippen LogP contribution is -2.32. The molecule has 0 saturated carbocycles. The maximum Gasteiger partial charge on any atom is 0.217 e. The van der Waals surface area contributed by atoms with E-state index >= 15 is 0 Å². The predicted molar refractivity (Wildman–Crippen MR) is 156 cm³/mol. The van der Waals surface area contributed by atoms with Crippen molar-refractivity contribution in [1.29, 1.82) is 0 Å². The van der Waals surface area contributed by atoms with Crippen LogP contribution in [0.1, 0.15) is 34.0 Å². The quantitative estimate of drug-likeness (QED) is 0.250. The summed E-state index contributed by atoms with van der Waals surface area (Å²) < 4.78 is 2.37. The molecule has 0 N–H and O–H groups in total. The molecular weight excluding hydrogens is 451 g/mol. The Labute approximate surface area is 217 Å². The third kappa shape index (κ3) is 6.02. The van der Waals surface area contributed by atoms with E-state index in [1.54, 1.807) is 0 Å².